The van der Waals surface area contributed by atoms with Gasteiger partial charge < -0.3 is 15.2 Å². The Morgan fingerprint density at radius 2 is 2.09 bits per heavy atom. The third-order valence-electron chi connectivity index (χ3n) is 4.25. The van der Waals surface area contributed by atoms with E-state index >= 15 is 0 Å². The van der Waals surface area contributed by atoms with Crippen LogP contribution < -0.4 is 5.32 Å². The van der Waals surface area contributed by atoms with Gasteiger partial charge in [0.2, 0.25) is 0 Å². The molecule has 1 aromatic carbocycles. The average Bonchev–Trinajstić information content (AvgIpc) is 3.14. The topological polar surface area (TPSA) is 75.6 Å². The minimum absolute atomic E-state index is 0.0621. The highest BCUT2D eigenvalue weighted by atomic mass is 16.5. The fourth-order valence-electron chi connectivity index (χ4n) is 3.05. The average molecular weight is 299 g/mol. The highest BCUT2D eigenvalue weighted by Crippen LogP contribution is 2.43. The van der Waals surface area contributed by atoms with Gasteiger partial charge in [0.15, 0.2) is 0 Å². The predicted molar refractivity (Wildman–Crippen MR) is 79.9 cm³/mol. The summed E-state index contributed by atoms with van der Waals surface area (Å²) < 4.78 is 4.53. The number of hydrogen-bond acceptors (Lipinski definition) is 4. The first-order chi connectivity index (χ1) is 10.6. The van der Waals surface area contributed by atoms with Gasteiger partial charge in [0.25, 0.3) is 5.91 Å². The number of hydrogen-bond donors (Lipinski definition) is 2. The van der Waals surface area contributed by atoms with Crippen LogP contribution in [0.15, 0.2) is 47.7 Å². The van der Waals surface area contributed by atoms with Crippen LogP contribution in [-0.2, 0) is 20.7 Å². The summed E-state index contributed by atoms with van der Waals surface area (Å²) in [5.74, 6) is -0.207. The second kappa shape index (κ2) is 5.67. The summed E-state index contributed by atoms with van der Waals surface area (Å²) in [6.07, 6.45) is 3.56. The van der Waals surface area contributed by atoms with Gasteiger partial charge in [-0.15, -0.1) is 0 Å². The molecule has 0 bridgehead atoms. The van der Waals surface area contributed by atoms with Gasteiger partial charge in [-0.1, -0.05) is 24.3 Å². The maximum absolute atomic E-state index is 11.5. The normalized spacial score (nSPS) is 26.6. The summed E-state index contributed by atoms with van der Waals surface area (Å²) in [6, 6.07) is 8.17. The summed E-state index contributed by atoms with van der Waals surface area (Å²) >= 11 is 0. The molecule has 2 N–H and O–H groups in total. The summed E-state index contributed by atoms with van der Waals surface area (Å²) in [6.45, 7) is 2.21. The number of ether oxygens (including phenoxy) is 1. The van der Waals surface area contributed by atoms with Crippen molar-refractivity contribution in [2.75, 3.05) is 6.61 Å². The van der Waals surface area contributed by atoms with E-state index in [2.05, 4.69) is 16.1 Å². The van der Waals surface area contributed by atoms with Gasteiger partial charge in [-0.2, -0.15) is 0 Å². The van der Waals surface area contributed by atoms with E-state index < -0.39 is 0 Å². The number of cyclic esters (lactones) is 1. The van der Waals surface area contributed by atoms with Crippen LogP contribution in [0.4, 0.5) is 0 Å². The van der Waals surface area contributed by atoms with Gasteiger partial charge in [-0.3, -0.25) is 4.79 Å². The number of rotatable bonds is 0. The Morgan fingerprint density at radius 3 is 2.68 bits per heavy atom. The zero-order valence-electron chi connectivity index (χ0n) is 12.2. The number of esters is 1. The zero-order valence-corrected chi connectivity index (χ0v) is 12.2. The van der Waals surface area contributed by atoms with Crippen LogP contribution in [0.25, 0.3) is 0 Å². The van der Waals surface area contributed by atoms with Gasteiger partial charge in [0.05, 0.1) is 17.9 Å². The number of amides is 1. The Morgan fingerprint density at radius 1 is 1.32 bits per heavy atom. The second-order valence-corrected chi connectivity index (χ2v) is 5.53. The molecule has 1 aromatic rings. The number of carbonyl (C=O) groups is 2. The van der Waals surface area contributed by atoms with Crippen molar-refractivity contribution in [2.24, 2.45) is 5.92 Å². The lowest BCUT2D eigenvalue weighted by atomic mass is 9.98. The molecule has 1 fully saturated rings. The van der Waals surface area contributed by atoms with Crippen LogP contribution in [0.3, 0.4) is 0 Å². The summed E-state index contributed by atoms with van der Waals surface area (Å²) in [5.41, 5.74) is 3.69. The van der Waals surface area contributed by atoms with Crippen molar-refractivity contribution >= 4 is 11.9 Å². The van der Waals surface area contributed by atoms with E-state index in [0.717, 1.165) is 18.3 Å². The molecule has 0 saturated carbocycles. The van der Waals surface area contributed by atoms with Gasteiger partial charge in [0, 0.05) is 11.5 Å². The van der Waals surface area contributed by atoms with Crippen LogP contribution >= 0.6 is 0 Å². The number of benzene rings is 1. The first-order valence-electron chi connectivity index (χ1n) is 7.18. The molecule has 5 nitrogen and oxygen atoms in total. The van der Waals surface area contributed by atoms with Crippen LogP contribution in [0.1, 0.15) is 24.1 Å². The monoisotopic (exact) mass is 299 g/mol. The second-order valence-electron chi connectivity index (χ2n) is 5.53. The van der Waals surface area contributed by atoms with Crippen molar-refractivity contribution in [2.45, 2.75) is 19.4 Å². The molecule has 0 spiro atoms. The molecule has 2 heterocycles. The maximum atomic E-state index is 11.5. The highest BCUT2D eigenvalue weighted by molar-refractivity contribution is 5.97. The largest absolute Gasteiger partial charge is 0.515 e. The van der Waals surface area contributed by atoms with E-state index in [1.54, 1.807) is 13.0 Å². The van der Waals surface area contributed by atoms with Crippen molar-refractivity contribution in [3.8, 4) is 0 Å². The zero-order chi connectivity index (χ0) is 15.7. The molecule has 4 rings (SSSR count). The van der Waals surface area contributed by atoms with Crippen LogP contribution in [0.2, 0.25) is 0 Å². The lowest BCUT2D eigenvalue weighted by Crippen LogP contribution is -2.18. The quantitative estimate of drug-likeness (QED) is 0.436. The van der Waals surface area contributed by atoms with Crippen molar-refractivity contribution in [1.29, 1.82) is 0 Å². The van der Waals surface area contributed by atoms with Crippen LogP contribution in [-0.4, -0.2) is 23.6 Å². The van der Waals surface area contributed by atoms with E-state index in [9.17, 15) is 9.59 Å². The molecule has 114 valence electrons. The molecule has 1 amide bonds. The number of carbonyl (C=O) groups excluding carboxylic acids is 2. The third kappa shape index (κ3) is 2.39. The lowest BCUT2D eigenvalue weighted by molar-refractivity contribution is -0.135. The minimum atomic E-state index is -0.181. The minimum Gasteiger partial charge on any atom is -0.515 e. The van der Waals surface area contributed by atoms with Crippen LogP contribution in [0, 0.1) is 5.92 Å². The molecule has 2 atom stereocenters. The SMILES string of the molecule is CC1=CCOC1=O.O=C1N[C@@H]2c3ccccc3C[C@@H]2/C1=C\O. The van der Waals surface area contributed by atoms with Crippen molar-refractivity contribution < 1.29 is 19.4 Å². The van der Waals surface area contributed by atoms with Gasteiger partial charge in [-0.25, -0.2) is 4.79 Å². The van der Waals surface area contributed by atoms with Crippen molar-refractivity contribution in [3.63, 3.8) is 0 Å². The predicted octanol–water partition coefficient (Wildman–Crippen LogP) is 1.96. The van der Waals surface area contributed by atoms with Gasteiger partial charge in [-0.05, 0) is 30.5 Å². The molecular weight excluding hydrogens is 282 g/mol. The molecule has 0 aromatic heterocycles. The fraction of sp³-hybridized carbons (Fsp3) is 0.294. The molecule has 1 aliphatic carbocycles. The molecule has 2 aliphatic heterocycles. The van der Waals surface area contributed by atoms with Crippen molar-refractivity contribution in [3.05, 3.63) is 58.9 Å². The standard InChI is InChI=1S/C12H11NO2.C5H6O2/c14-6-10-9-5-7-3-1-2-4-8(7)11(9)13-12(10)15;1-4-2-3-7-5(4)6/h1-4,6,9,11,14H,5H2,(H,13,15);2H,3H2,1H3/b10-6+;/t9-,11-;/m1./s1. The summed E-state index contributed by atoms with van der Waals surface area (Å²) in [7, 11) is 0. The molecule has 1 saturated heterocycles. The Hall–Kier alpha value is -2.56. The summed E-state index contributed by atoms with van der Waals surface area (Å²) in [4.78, 5) is 21.8. The van der Waals surface area contributed by atoms with Crippen LogP contribution in [0.5, 0.6) is 0 Å². The first-order valence-corrected chi connectivity index (χ1v) is 7.18. The molecule has 3 aliphatic rings. The fourth-order valence-corrected chi connectivity index (χ4v) is 3.05. The summed E-state index contributed by atoms with van der Waals surface area (Å²) in [5, 5.41) is 11.9. The molecular formula is C17H17NO4. The number of fused-ring (bicyclic) bond motifs is 3. The number of nitrogens with one attached hydrogen (secondary N) is 1. The third-order valence-corrected chi connectivity index (χ3v) is 4.25. The Balaban J connectivity index is 0.000000174. The maximum Gasteiger partial charge on any atom is 0.333 e. The molecule has 5 heteroatoms. The van der Waals surface area contributed by atoms with E-state index in [-0.39, 0.29) is 23.8 Å². The van der Waals surface area contributed by atoms with E-state index in [1.165, 1.54) is 11.1 Å². The number of aliphatic hydroxyl groups is 1. The van der Waals surface area contributed by atoms with Gasteiger partial charge in [0.1, 0.15) is 6.61 Å². The highest BCUT2D eigenvalue weighted by Gasteiger charge is 2.43. The number of aliphatic hydroxyl groups excluding tert-OH is 1. The molecule has 0 radical (unpaired) electrons. The molecule has 0 unspecified atom stereocenters. The Kier molecular flexibility index (Phi) is 3.71. The van der Waals surface area contributed by atoms with Gasteiger partial charge >= 0.3 is 5.97 Å². The molecule has 22 heavy (non-hydrogen) atoms. The van der Waals surface area contributed by atoms with E-state index in [1.807, 2.05) is 18.2 Å². The Labute approximate surface area is 128 Å². The lowest BCUT2D eigenvalue weighted by Gasteiger charge is -2.08. The van der Waals surface area contributed by atoms with E-state index in [4.69, 9.17) is 5.11 Å². The van der Waals surface area contributed by atoms with E-state index in [0.29, 0.717) is 12.2 Å². The Bertz CT molecular complexity index is 690. The smallest absolute Gasteiger partial charge is 0.333 e. The van der Waals surface area contributed by atoms with Crippen molar-refractivity contribution in [1.82, 2.24) is 5.32 Å². The first kappa shape index (κ1) is 14.4.